The molecule has 0 unspecified atom stereocenters. The van der Waals surface area contributed by atoms with Crippen LogP contribution in [0.2, 0.25) is 0 Å². The number of ether oxygens (including phenoxy) is 1. The maximum absolute atomic E-state index is 12.2. The minimum atomic E-state index is -0.270. The van der Waals surface area contributed by atoms with Crippen molar-refractivity contribution in [2.24, 2.45) is 0 Å². The molecule has 6 heteroatoms. The molecule has 6 nitrogen and oxygen atoms in total. The first-order valence-corrected chi connectivity index (χ1v) is 8.17. The van der Waals surface area contributed by atoms with Crippen molar-refractivity contribution in [1.82, 2.24) is 15.2 Å². The van der Waals surface area contributed by atoms with Gasteiger partial charge in [0.2, 0.25) is 11.8 Å². The fraction of sp³-hybridized carbons (Fsp3) is 0.588. The number of amides is 2. The second-order valence-electron chi connectivity index (χ2n) is 5.77. The van der Waals surface area contributed by atoms with E-state index in [4.69, 9.17) is 4.74 Å². The number of hydrogen-bond donors (Lipinski definition) is 1. The molecule has 0 saturated carbocycles. The Hall–Kier alpha value is -1.95. The predicted octanol–water partition coefficient (Wildman–Crippen LogP) is 1.68. The van der Waals surface area contributed by atoms with Crippen molar-refractivity contribution in [3.63, 3.8) is 0 Å². The molecule has 2 amide bonds. The van der Waals surface area contributed by atoms with Gasteiger partial charge in [-0.3, -0.25) is 14.6 Å². The molecule has 0 radical (unpaired) electrons. The van der Waals surface area contributed by atoms with Crippen molar-refractivity contribution in [1.29, 1.82) is 0 Å². The van der Waals surface area contributed by atoms with Crippen molar-refractivity contribution < 1.29 is 14.3 Å². The number of aromatic nitrogens is 1. The summed E-state index contributed by atoms with van der Waals surface area (Å²) >= 11 is 0. The topological polar surface area (TPSA) is 71.5 Å². The van der Waals surface area contributed by atoms with Gasteiger partial charge in [0.05, 0.1) is 18.3 Å². The van der Waals surface area contributed by atoms with E-state index in [1.807, 2.05) is 18.2 Å². The van der Waals surface area contributed by atoms with Crippen LogP contribution in [0.1, 0.15) is 43.8 Å². The number of carbonyl (C=O) groups excluding carboxylic acids is 2. The van der Waals surface area contributed by atoms with Crippen LogP contribution in [0.25, 0.3) is 0 Å². The van der Waals surface area contributed by atoms with Crippen LogP contribution in [-0.4, -0.2) is 48.5 Å². The minimum Gasteiger partial charge on any atom is -0.382 e. The van der Waals surface area contributed by atoms with Crippen molar-refractivity contribution in [3.05, 3.63) is 30.1 Å². The van der Waals surface area contributed by atoms with Crippen LogP contribution < -0.4 is 5.32 Å². The highest BCUT2D eigenvalue weighted by molar-refractivity contribution is 5.79. The molecule has 2 rings (SSSR count). The van der Waals surface area contributed by atoms with Gasteiger partial charge in [-0.25, -0.2) is 0 Å². The fourth-order valence-electron chi connectivity index (χ4n) is 2.73. The number of carbonyl (C=O) groups is 2. The van der Waals surface area contributed by atoms with E-state index in [1.165, 1.54) is 0 Å². The summed E-state index contributed by atoms with van der Waals surface area (Å²) in [6, 6.07) is 5.31. The van der Waals surface area contributed by atoms with E-state index in [0.29, 0.717) is 26.0 Å². The zero-order chi connectivity index (χ0) is 16.5. The van der Waals surface area contributed by atoms with E-state index in [9.17, 15) is 9.59 Å². The Bertz CT molecular complexity index is 507. The standard InChI is InChI=1S/C17H25N3O3/c1-23-13-15(14-7-4-5-10-18-14)19-16(21)9-12-20-11-6-2-3-8-17(20)22/h4-5,7,10,15H,2-3,6,8-9,11-13H2,1H3,(H,19,21)/t15-/m0/s1. The second-order valence-corrected chi connectivity index (χ2v) is 5.77. The minimum absolute atomic E-state index is 0.0882. The summed E-state index contributed by atoms with van der Waals surface area (Å²) in [6.07, 6.45) is 5.66. The van der Waals surface area contributed by atoms with E-state index in [1.54, 1.807) is 18.2 Å². The summed E-state index contributed by atoms with van der Waals surface area (Å²) in [5.41, 5.74) is 0.772. The Balaban J connectivity index is 1.85. The van der Waals surface area contributed by atoms with Crippen LogP contribution in [0.4, 0.5) is 0 Å². The fourth-order valence-corrected chi connectivity index (χ4v) is 2.73. The average Bonchev–Trinajstić information content (AvgIpc) is 2.78. The van der Waals surface area contributed by atoms with Gasteiger partial charge in [0.15, 0.2) is 0 Å². The Morgan fingerprint density at radius 3 is 3.00 bits per heavy atom. The smallest absolute Gasteiger partial charge is 0.222 e. The van der Waals surface area contributed by atoms with Gasteiger partial charge in [-0.15, -0.1) is 0 Å². The largest absolute Gasteiger partial charge is 0.382 e. The van der Waals surface area contributed by atoms with Crippen molar-refractivity contribution in [2.45, 2.75) is 38.1 Å². The van der Waals surface area contributed by atoms with Gasteiger partial charge in [-0.05, 0) is 25.0 Å². The maximum atomic E-state index is 12.2. The monoisotopic (exact) mass is 319 g/mol. The Kier molecular flexibility index (Phi) is 7.00. The number of nitrogens with one attached hydrogen (secondary N) is 1. The van der Waals surface area contributed by atoms with Gasteiger partial charge in [-0.1, -0.05) is 12.5 Å². The zero-order valence-corrected chi connectivity index (χ0v) is 13.7. The molecule has 1 saturated heterocycles. The number of likely N-dealkylation sites (tertiary alicyclic amines) is 1. The van der Waals surface area contributed by atoms with Crippen LogP contribution >= 0.6 is 0 Å². The average molecular weight is 319 g/mol. The lowest BCUT2D eigenvalue weighted by atomic mass is 10.2. The third kappa shape index (κ3) is 5.63. The first-order valence-electron chi connectivity index (χ1n) is 8.17. The van der Waals surface area contributed by atoms with E-state index in [0.717, 1.165) is 31.5 Å². The molecule has 1 N–H and O–H groups in total. The Labute approximate surface area is 137 Å². The third-order valence-corrected chi connectivity index (χ3v) is 3.99. The summed E-state index contributed by atoms with van der Waals surface area (Å²) in [4.78, 5) is 30.2. The van der Waals surface area contributed by atoms with E-state index in [-0.39, 0.29) is 17.9 Å². The van der Waals surface area contributed by atoms with Gasteiger partial charge in [0.1, 0.15) is 0 Å². The highest BCUT2D eigenvalue weighted by Gasteiger charge is 2.19. The maximum Gasteiger partial charge on any atom is 0.222 e. The third-order valence-electron chi connectivity index (χ3n) is 3.99. The van der Waals surface area contributed by atoms with Gasteiger partial charge >= 0.3 is 0 Å². The quantitative estimate of drug-likeness (QED) is 0.830. The second kappa shape index (κ2) is 9.25. The molecular formula is C17H25N3O3. The van der Waals surface area contributed by atoms with E-state index >= 15 is 0 Å². The van der Waals surface area contributed by atoms with E-state index in [2.05, 4.69) is 10.3 Å². The predicted molar refractivity (Wildman–Crippen MR) is 86.7 cm³/mol. The molecule has 23 heavy (non-hydrogen) atoms. The summed E-state index contributed by atoms with van der Waals surface area (Å²) in [6.45, 7) is 1.60. The lowest BCUT2D eigenvalue weighted by Crippen LogP contribution is -2.37. The van der Waals surface area contributed by atoms with Crippen LogP contribution in [-0.2, 0) is 14.3 Å². The Morgan fingerprint density at radius 2 is 2.26 bits per heavy atom. The molecular weight excluding hydrogens is 294 g/mol. The summed E-state index contributed by atoms with van der Waals surface area (Å²) < 4.78 is 5.17. The SMILES string of the molecule is COC[C@H](NC(=O)CCN1CCCCCC1=O)c1ccccn1. The molecule has 1 aliphatic heterocycles. The number of methoxy groups -OCH3 is 1. The van der Waals surface area contributed by atoms with Gasteiger partial charge < -0.3 is 15.0 Å². The normalized spacial score (nSPS) is 16.7. The highest BCUT2D eigenvalue weighted by Crippen LogP contribution is 2.13. The van der Waals surface area contributed by atoms with Crippen molar-refractivity contribution >= 4 is 11.8 Å². The van der Waals surface area contributed by atoms with Gasteiger partial charge in [-0.2, -0.15) is 0 Å². The van der Waals surface area contributed by atoms with Crippen molar-refractivity contribution in [3.8, 4) is 0 Å². The number of pyridine rings is 1. The highest BCUT2D eigenvalue weighted by atomic mass is 16.5. The number of rotatable bonds is 7. The van der Waals surface area contributed by atoms with E-state index < -0.39 is 0 Å². The first-order chi connectivity index (χ1) is 11.2. The lowest BCUT2D eigenvalue weighted by molar-refractivity contribution is -0.131. The number of hydrogen-bond acceptors (Lipinski definition) is 4. The first kappa shape index (κ1) is 17.4. The van der Waals surface area contributed by atoms with Gasteiger partial charge in [0.25, 0.3) is 0 Å². The summed E-state index contributed by atoms with van der Waals surface area (Å²) in [5, 5.41) is 2.94. The molecule has 1 aromatic rings. The Morgan fingerprint density at radius 1 is 1.39 bits per heavy atom. The molecule has 1 aromatic heterocycles. The molecule has 1 fully saturated rings. The van der Waals surface area contributed by atoms with Crippen LogP contribution in [0.5, 0.6) is 0 Å². The molecule has 1 aliphatic rings. The molecule has 1 atom stereocenters. The lowest BCUT2D eigenvalue weighted by Gasteiger charge is -2.21. The van der Waals surface area contributed by atoms with Crippen molar-refractivity contribution in [2.75, 3.05) is 26.8 Å². The van der Waals surface area contributed by atoms with Crippen LogP contribution in [0, 0.1) is 0 Å². The molecule has 0 bridgehead atoms. The molecule has 126 valence electrons. The number of nitrogens with zero attached hydrogens (tertiary/aromatic N) is 2. The van der Waals surface area contributed by atoms with Crippen LogP contribution in [0.15, 0.2) is 24.4 Å². The van der Waals surface area contributed by atoms with Gasteiger partial charge in [0, 0.05) is 39.2 Å². The summed E-state index contributed by atoms with van der Waals surface area (Å²) in [5.74, 6) is 0.0724. The molecule has 0 spiro atoms. The summed E-state index contributed by atoms with van der Waals surface area (Å²) in [7, 11) is 1.60. The molecule has 0 aromatic carbocycles. The zero-order valence-electron chi connectivity index (χ0n) is 13.7. The molecule has 0 aliphatic carbocycles. The molecule has 2 heterocycles. The van der Waals surface area contributed by atoms with Crippen LogP contribution in [0.3, 0.4) is 0 Å².